The van der Waals surface area contributed by atoms with Gasteiger partial charge in [0.05, 0.1) is 5.56 Å². The lowest BCUT2D eigenvalue weighted by Gasteiger charge is -2.29. The maximum absolute atomic E-state index is 12.6. The highest BCUT2D eigenvalue weighted by molar-refractivity contribution is 7.92. The molecule has 0 atom stereocenters. The van der Waals surface area contributed by atoms with Crippen molar-refractivity contribution in [2.75, 3.05) is 19.6 Å². The molecule has 0 radical (unpaired) electrons. The molecule has 0 bridgehead atoms. The lowest BCUT2D eigenvalue weighted by molar-refractivity contribution is -0.137. The van der Waals surface area contributed by atoms with E-state index in [1.54, 1.807) is 6.08 Å². The molecule has 1 fully saturated rings. The normalized spacial score (nSPS) is 16.3. The minimum atomic E-state index is -4.37. The number of alkyl halides is 3. The Labute approximate surface area is 186 Å². The van der Waals surface area contributed by atoms with Gasteiger partial charge in [0.1, 0.15) is 0 Å². The summed E-state index contributed by atoms with van der Waals surface area (Å²) in [6, 6.07) is 14.0. The molecule has 1 amide bonds. The molecule has 0 aliphatic carbocycles. The first-order valence-corrected chi connectivity index (χ1v) is 11.8. The van der Waals surface area contributed by atoms with Gasteiger partial charge in [-0.05, 0) is 48.6 Å². The molecule has 0 saturated carbocycles. The summed E-state index contributed by atoms with van der Waals surface area (Å²) < 4.78 is 64.2. The summed E-state index contributed by atoms with van der Waals surface area (Å²) in [5.74, 6) is -0.444. The minimum absolute atomic E-state index is 0.159. The molecule has 9 heteroatoms. The van der Waals surface area contributed by atoms with E-state index in [1.807, 2.05) is 30.3 Å². The van der Waals surface area contributed by atoms with Crippen molar-refractivity contribution in [3.05, 3.63) is 76.7 Å². The molecule has 3 rings (SSSR count). The predicted octanol–water partition coefficient (Wildman–Crippen LogP) is 4.08. The van der Waals surface area contributed by atoms with Gasteiger partial charge in [0.15, 0.2) is 0 Å². The number of rotatable bonds is 7. The summed E-state index contributed by atoms with van der Waals surface area (Å²) in [7, 11) is -3.56. The van der Waals surface area contributed by atoms with Gasteiger partial charge in [0.25, 0.3) is 0 Å². The second-order valence-electron chi connectivity index (χ2n) is 7.67. The number of hydrogen-bond acceptors (Lipinski definition) is 3. The highest BCUT2D eigenvalue weighted by Gasteiger charge is 2.31. The molecule has 1 N–H and O–H groups in total. The maximum Gasteiger partial charge on any atom is 0.416 e. The lowest BCUT2D eigenvalue weighted by atomic mass is 9.97. The summed E-state index contributed by atoms with van der Waals surface area (Å²) in [6.07, 6.45) is -1.56. The van der Waals surface area contributed by atoms with Crippen LogP contribution in [-0.2, 0) is 27.4 Å². The van der Waals surface area contributed by atoms with Crippen molar-refractivity contribution in [2.45, 2.75) is 25.4 Å². The summed E-state index contributed by atoms with van der Waals surface area (Å²) in [6.45, 7) is 0.833. The Morgan fingerprint density at radius 1 is 1.03 bits per heavy atom. The Bertz CT molecular complexity index is 1030. The highest BCUT2D eigenvalue weighted by atomic mass is 32.2. The molecule has 0 spiro atoms. The van der Waals surface area contributed by atoms with Crippen LogP contribution in [0.4, 0.5) is 13.2 Å². The number of nitrogens with zero attached hydrogens (tertiary/aromatic N) is 1. The molecular formula is C23H25F3N2O3S. The van der Waals surface area contributed by atoms with Crippen LogP contribution in [0.5, 0.6) is 0 Å². The number of hydrogen-bond donors (Lipinski definition) is 1. The molecule has 1 saturated heterocycles. The molecule has 1 aliphatic rings. The van der Waals surface area contributed by atoms with E-state index in [2.05, 4.69) is 5.32 Å². The van der Waals surface area contributed by atoms with E-state index in [9.17, 15) is 26.4 Å². The Hall–Kier alpha value is -2.65. The third kappa shape index (κ3) is 6.67. The number of amides is 1. The lowest BCUT2D eigenvalue weighted by Crippen LogP contribution is -2.42. The molecule has 1 heterocycles. The van der Waals surface area contributed by atoms with E-state index >= 15 is 0 Å². The topological polar surface area (TPSA) is 66.5 Å². The Kier molecular flexibility index (Phi) is 7.73. The second kappa shape index (κ2) is 10.3. The third-order valence-corrected chi connectivity index (χ3v) is 6.98. The molecule has 5 nitrogen and oxygen atoms in total. The molecule has 172 valence electrons. The van der Waals surface area contributed by atoms with E-state index in [-0.39, 0.29) is 24.9 Å². The monoisotopic (exact) mass is 466 g/mol. The molecule has 0 aromatic heterocycles. The van der Waals surface area contributed by atoms with Crippen molar-refractivity contribution in [3.8, 4) is 0 Å². The van der Waals surface area contributed by atoms with E-state index in [1.165, 1.54) is 21.8 Å². The van der Waals surface area contributed by atoms with Crippen molar-refractivity contribution < 1.29 is 26.4 Å². The van der Waals surface area contributed by atoms with Crippen LogP contribution in [0.3, 0.4) is 0 Å². The number of benzene rings is 2. The number of carbonyl (C=O) groups excluding carboxylic acids is 1. The molecule has 1 aliphatic heterocycles. The quantitative estimate of drug-likeness (QED) is 0.669. The first-order valence-electron chi connectivity index (χ1n) is 10.3. The van der Waals surface area contributed by atoms with Gasteiger partial charge in [0.2, 0.25) is 15.9 Å². The highest BCUT2D eigenvalue weighted by Crippen LogP contribution is 2.29. The van der Waals surface area contributed by atoms with Crippen LogP contribution < -0.4 is 5.32 Å². The van der Waals surface area contributed by atoms with Gasteiger partial charge < -0.3 is 5.32 Å². The molecule has 0 unspecified atom stereocenters. The van der Waals surface area contributed by atoms with Crippen molar-refractivity contribution in [1.29, 1.82) is 0 Å². The number of halogens is 3. The van der Waals surface area contributed by atoms with Crippen LogP contribution in [0, 0.1) is 5.92 Å². The van der Waals surface area contributed by atoms with Crippen LogP contribution >= 0.6 is 0 Å². The Morgan fingerprint density at radius 3 is 2.25 bits per heavy atom. The molecule has 2 aromatic carbocycles. The van der Waals surface area contributed by atoms with Crippen LogP contribution in [0.1, 0.15) is 29.5 Å². The SMILES string of the molecule is O=C(NCCc1ccc(C(F)(F)F)cc1)C1CCN(S(=O)(=O)/C=C/c2ccccc2)CC1. The van der Waals surface area contributed by atoms with Crippen molar-refractivity contribution in [3.63, 3.8) is 0 Å². The fourth-order valence-corrected chi connectivity index (χ4v) is 4.74. The van der Waals surface area contributed by atoms with Crippen LogP contribution in [0.2, 0.25) is 0 Å². The van der Waals surface area contributed by atoms with Gasteiger partial charge >= 0.3 is 6.18 Å². The Balaban J connectivity index is 1.43. The van der Waals surface area contributed by atoms with Crippen LogP contribution in [0.25, 0.3) is 6.08 Å². The molecule has 32 heavy (non-hydrogen) atoms. The summed E-state index contributed by atoms with van der Waals surface area (Å²) in [5, 5.41) is 3.99. The average Bonchev–Trinajstić information content (AvgIpc) is 2.78. The average molecular weight is 467 g/mol. The minimum Gasteiger partial charge on any atom is -0.356 e. The third-order valence-electron chi connectivity index (χ3n) is 5.41. The van der Waals surface area contributed by atoms with E-state index < -0.39 is 21.8 Å². The van der Waals surface area contributed by atoms with Crippen molar-refractivity contribution >= 4 is 22.0 Å². The van der Waals surface area contributed by atoms with Gasteiger partial charge in [-0.1, -0.05) is 42.5 Å². The van der Waals surface area contributed by atoms with Crippen LogP contribution in [-0.4, -0.2) is 38.3 Å². The number of carbonyl (C=O) groups is 1. The van der Waals surface area contributed by atoms with Gasteiger partial charge in [-0.25, -0.2) is 8.42 Å². The number of piperidine rings is 1. The summed E-state index contributed by atoms with van der Waals surface area (Å²) in [5.41, 5.74) is 0.786. The van der Waals surface area contributed by atoms with E-state index in [0.717, 1.165) is 17.7 Å². The maximum atomic E-state index is 12.6. The largest absolute Gasteiger partial charge is 0.416 e. The first-order chi connectivity index (χ1) is 15.1. The smallest absolute Gasteiger partial charge is 0.356 e. The zero-order chi connectivity index (χ0) is 23.2. The number of nitrogens with one attached hydrogen (secondary N) is 1. The zero-order valence-corrected chi connectivity index (χ0v) is 18.2. The first kappa shape index (κ1) is 24.0. The van der Waals surface area contributed by atoms with Crippen molar-refractivity contribution in [1.82, 2.24) is 9.62 Å². The molecular weight excluding hydrogens is 441 g/mol. The van der Waals surface area contributed by atoms with Gasteiger partial charge in [-0.15, -0.1) is 0 Å². The standard InChI is InChI=1S/C23H25F3N2O3S/c24-23(25,26)21-8-6-19(7-9-21)10-14-27-22(29)20-11-15-28(16-12-20)32(30,31)17-13-18-4-2-1-3-5-18/h1-9,13,17,20H,10-12,14-16H2,(H,27,29)/b17-13+. The fourth-order valence-electron chi connectivity index (χ4n) is 3.52. The van der Waals surface area contributed by atoms with Gasteiger partial charge in [-0.3, -0.25) is 4.79 Å². The summed E-state index contributed by atoms with van der Waals surface area (Å²) in [4.78, 5) is 12.4. The summed E-state index contributed by atoms with van der Waals surface area (Å²) >= 11 is 0. The van der Waals surface area contributed by atoms with Crippen LogP contribution in [0.15, 0.2) is 60.0 Å². The second-order valence-corrected chi connectivity index (χ2v) is 9.49. The Morgan fingerprint density at radius 2 is 1.66 bits per heavy atom. The zero-order valence-electron chi connectivity index (χ0n) is 17.4. The predicted molar refractivity (Wildman–Crippen MR) is 117 cm³/mol. The molecule has 2 aromatic rings. The van der Waals surface area contributed by atoms with Gasteiger partial charge in [-0.2, -0.15) is 17.5 Å². The van der Waals surface area contributed by atoms with Crippen molar-refractivity contribution in [2.24, 2.45) is 5.92 Å². The van der Waals surface area contributed by atoms with Gasteiger partial charge in [0, 0.05) is 31.0 Å². The number of sulfonamides is 1. The van der Waals surface area contributed by atoms with E-state index in [4.69, 9.17) is 0 Å². The fraction of sp³-hybridized carbons (Fsp3) is 0.348. The van der Waals surface area contributed by atoms with E-state index in [0.29, 0.717) is 31.4 Å².